The van der Waals surface area contributed by atoms with Crippen molar-refractivity contribution < 1.29 is 9.53 Å². The van der Waals surface area contributed by atoms with E-state index in [4.69, 9.17) is 4.74 Å². The van der Waals surface area contributed by atoms with Gasteiger partial charge in [0.2, 0.25) is 6.41 Å². The van der Waals surface area contributed by atoms with Crippen molar-refractivity contribution in [2.45, 2.75) is 142 Å². The number of ether oxygens (including phenoxy) is 1. The number of benzene rings is 1. The van der Waals surface area contributed by atoms with Crippen LogP contribution < -0.4 is 4.90 Å². The average molecular weight is 517 g/mol. The first-order valence-corrected chi connectivity index (χ1v) is 15.6. The number of unbranched alkanes of at least 4 members (excludes halogenated alkanes) is 15. The standard InChI is InChI=1S/C33H60N2O2/c1-5-6-7-8-9-10-11-12-13-14-15-16-17-18-19-24-31(2)35(30-36)33-26-21-20-25-32(33)29-37-28-23-22-27-34(3)4/h20-21,25-26,30-31H,5-19,22-24,27-29H2,1-4H3. The predicted molar refractivity (Wildman–Crippen MR) is 161 cm³/mol. The summed E-state index contributed by atoms with van der Waals surface area (Å²) in [6, 6.07) is 8.41. The lowest BCUT2D eigenvalue weighted by Gasteiger charge is -2.27. The van der Waals surface area contributed by atoms with Gasteiger partial charge in [-0.25, -0.2) is 0 Å². The van der Waals surface area contributed by atoms with E-state index in [1.807, 2.05) is 17.0 Å². The summed E-state index contributed by atoms with van der Waals surface area (Å²) >= 11 is 0. The Balaban J connectivity index is 2.16. The van der Waals surface area contributed by atoms with Gasteiger partial charge in [0.1, 0.15) is 0 Å². The van der Waals surface area contributed by atoms with E-state index in [2.05, 4.69) is 45.0 Å². The maximum absolute atomic E-state index is 12.0. The van der Waals surface area contributed by atoms with Crippen molar-refractivity contribution in [2.75, 3.05) is 32.1 Å². The highest BCUT2D eigenvalue weighted by Crippen LogP contribution is 2.24. The number of hydrogen-bond acceptors (Lipinski definition) is 3. The summed E-state index contributed by atoms with van der Waals surface area (Å²) in [4.78, 5) is 16.1. The predicted octanol–water partition coefficient (Wildman–Crippen LogP) is 9.16. The zero-order valence-electron chi connectivity index (χ0n) is 25.0. The fourth-order valence-corrected chi connectivity index (χ4v) is 5.05. The molecule has 0 aliphatic heterocycles. The Bertz CT molecular complexity index is 649. The summed E-state index contributed by atoms with van der Waals surface area (Å²) in [7, 11) is 4.21. The van der Waals surface area contributed by atoms with Crippen LogP contribution in [0.1, 0.15) is 135 Å². The summed E-state index contributed by atoms with van der Waals surface area (Å²) in [5.41, 5.74) is 2.10. The van der Waals surface area contributed by atoms with Gasteiger partial charge in [-0.05, 0) is 52.9 Å². The zero-order chi connectivity index (χ0) is 27.0. The van der Waals surface area contributed by atoms with Gasteiger partial charge in [0.05, 0.1) is 6.61 Å². The number of amides is 1. The van der Waals surface area contributed by atoms with Crippen molar-refractivity contribution in [3.05, 3.63) is 29.8 Å². The molecule has 37 heavy (non-hydrogen) atoms. The van der Waals surface area contributed by atoms with Crippen molar-refractivity contribution in [1.29, 1.82) is 0 Å². The molecular weight excluding hydrogens is 456 g/mol. The number of nitrogens with zero attached hydrogens (tertiary/aromatic N) is 2. The number of hydrogen-bond donors (Lipinski definition) is 0. The molecule has 1 aromatic carbocycles. The molecule has 0 aliphatic carbocycles. The third kappa shape index (κ3) is 17.7. The molecule has 1 atom stereocenters. The largest absolute Gasteiger partial charge is 0.377 e. The number of carbonyl (C=O) groups excluding carboxylic acids is 1. The number of carbonyl (C=O) groups is 1. The summed E-state index contributed by atoms with van der Waals surface area (Å²) in [5.74, 6) is 0. The Morgan fingerprint density at radius 1 is 0.757 bits per heavy atom. The van der Waals surface area contributed by atoms with Gasteiger partial charge >= 0.3 is 0 Å². The summed E-state index contributed by atoms with van der Waals surface area (Å²) in [6.45, 7) is 6.88. The van der Waals surface area contributed by atoms with Crippen LogP contribution in [0.3, 0.4) is 0 Å². The molecule has 1 rings (SSSR count). The molecule has 0 saturated carbocycles. The van der Waals surface area contributed by atoms with E-state index in [1.165, 1.54) is 96.3 Å². The molecule has 0 saturated heterocycles. The van der Waals surface area contributed by atoms with Crippen LogP contribution in [0.4, 0.5) is 5.69 Å². The number of para-hydroxylation sites is 1. The lowest BCUT2D eigenvalue weighted by Crippen LogP contribution is -2.32. The summed E-state index contributed by atoms with van der Waals surface area (Å²) in [6.07, 6.45) is 25.0. The molecule has 4 nitrogen and oxygen atoms in total. The van der Waals surface area contributed by atoms with Crippen LogP contribution in [0, 0.1) is 0 Å². The topological polar surface area (TPSA) is 32.8 Å². The van der Waals surface area contributed by atoms with Crippen molar-refractivity contribution in [3.8, 4) is 0 Å². The SMILES string of the molecule is CCCCCCCCCCCCCCCCCC(C)N(C=O)c1ccccc1COCCCCN(C)C. The fraction of sp³-hybridized carbons (Fsp3) is 0.788. The zero-order valence-corrected chi connectivity index (χ0v) is 25.0. The molecule has 1 amide bonds. The highest BCUT2D eigenvalue weighted by Gasteiger charge is 2.16. The Hall–Kier alpha value is -1.39. The van der Waals surface area contributed by atoms with Gasteiger partial charge in [-0.1, -0.05) is 121 Å². The van der Waals surface area contributed by atoms with Crippen LogP contribution in [0.15, 0.2) is 24.3 Å². The van der Waals surface area contributed by atoms with E-state index >= 15 is 0 Å². The molecule has 1 aromatic rings. The molecular formula is C33H60N2O2. The van der Waals surface area contributed by atoms with Gasteiger partial charge in [-0.3, -0.25) is 4.79 Å². The monoisotopic (exact) mass is 516 g/mol. The minimum absolute atomic E-state index is 0.209. The van der Waals surface area contributed by atoms with Crippen LogP contribution in [0.5, 0.6) is 0 Å². The Kier molecular flexibility index (Phi) is 21.6. The average Bonchev–Trinajstić information content (AvgIpc) is 2.89. The first-order valence-electron chi connectivity index (χ1n) is 15.6. The van der Waals surface area contributed by atoms with Crippen LogP contribution in [-0.4, -0.2) is 44.6 Å². The number of anilines is 1. The lowest BCUT2D eigenvalue weighted by atomic mass is 10.0. The summed E-state index contributed by atoms with van der Waals surface area (Å²) < 4.78 is 5.95. The molecule has 0 aliphatic rings. The van der Waals surface area contributed by atoms with E-state index in [-0.39, 0.29) is 6.04 Å². The Morgan fingerprint density at radius 2 is 1.30 bits per heavy atom. The Labute approximate surface area is 230 Å². The second kappa shape index (κ2) is 23.7. The fourth-order valence-electron chi connectivity index (χ4n) is 5.05. The normalized spacial score (nSPS) is 12.2. The highest BCUT2D eigenvalue weighted by molar-refractivity contribution is 5.77. The van der Waals surface area contributed by atoms with Crippen molar-refractivity contribution >= 4 is 12.1 Å². The minimum Gasteiger partial charge on any atom is -0.377 e. The van der Waals surface area contributed by atoms with Crippen molar-refractivity contribution in [2.24, 2.45) is 0 Å². The third-order valence-corrected chi connectivity index (χ3v) is 7.49. The molecule has 1 unspecified atom stereocenters. The molecule has 0 radical (unpaired) electrons. The second-order valence-corrected chi connectivity index (χ2v) is 11.3. The Morgan fingerprint density at radius 3 is 1.84 bits per heavy atom. The number of rotatable bonds is 26. The van der Waals surface area contributed by atoms with Crippen LogP contribution in [0.2, 0.25) is 0 Å². The molecule has 0 fully saturated rings. The van der Waals surface area contributed by atoms with Gasteiger partial charge in [0.25, 0.3) is 0 Å². The molecule has 0 aromatic heterocycles. The van der Waals surface area contributed by atoms with E-state index in [9.17, 15) is 4.79 Å². The summed E-state index contributed by atoms with van der Waals surface area (Å²) in [5, 5.41) is 0. The maximum atomic E-state index is 12.0. The van der Waals surface area contributed by atoms with Crippen LogP contribution in [0.25, 0.3) is 0 Å². The van der Waals surface area contributed by atoms with Crippen molar-refractivity contribution in [1.82, 2.24) is 4.90 Å². The molecule has 214 valence electrons. The molecule has 0 N–H and O–H groups in total. The first kappa shape index (κ1) is 33.6. The molecule has 0 spiro atoms. The highest BCUT2D eigenvalue weighted by atomic mass is 16.5. The van der Waals surface area contributed by atoms with Gasteiger partial charge in [0, 0.05) is 23.9 Å². The van der Waals surface area contributed by atoms with Gasteiger partial charge < -0.3 is 14.5 Å². The molecule has 0 heterocycles. The van der Waals surface area contributed by atoms with Gasteiger partial charge in [-0.15, -0.1) is 0 Å². The smallest absolute Gasteiger partial charge is 0.214 e. The van der Waals surface area contributed by atoms with Crippen LogP contribution >= 0.6 is 0 Å². The third-order valence-electron chi connectivity index (χ3n) is 7.49. The van der Waals surface area contributed by atoms with E-state index in [0.717, 1.165) is 50.1 Å². The van der Waals surface area contributed by atoms with Crippen LogP contribution in [-0.2, 0) is 16.1 Å². The molecule has 4 heteroatoms. The minimum atomic E-state index is 0.209. The molecule has 0 bridgehead atoms. The lowest BCUT2D eigenvalue weighted by molar-refractivity contribution is -0.107. The van der Waals surface area contributed by atoms with Crippen molar-refractivity contribution in [3.63, 3.8) is 0 Å². The maximum Gasteiger partial charge on any atom is 0.214 e. The quantitative estimate of drug-likeness (QED) is 0.0909. The van der Waals surface area contributed by atoms with Gasteiger partial charge in [-0.2, -0.15) is 0 Å². The second-order valence-electron chi connectivity index (χ2n) is 11.3. The van der Waals surface area contributed by atoms with E-state index in [1.54, 1.807) is 0 Å². The van der Waals surface area contributed by atoms with E-state index in [0.29, 0.717) is 6.61 Å². The van der Waals surface area contributed by atoms with Gasteiger partial charge in [0.15, 0.2) is 0 Å². The van der Waals surface area contributed by atoms with E-state index < -0.39 is 0 Å². The first-order chi connectivity index (χ1) is 18.1.